The molecular formula is C20H14BrClN2O6. The van der Waals surface area contributed by atoms with Crippen LogP contribution in [0.4, 0.5) is 5.69 Å². The minimum Gasteiger partial charge on any atom is -0.493 e. The molecule has 1 heterocycles. The Morgan fingerprint density at radius 3 is 2.80 bits per heavy atom. The summed E-state index contributed by atoms with van der Waals surface area (Å²) in [7, 11) is 1.49. The molecule has 0 N–H and O–H groups in total. The average molecular weight is 494 g/mol. The molecule has 2 aromatic carbocycles. The summed E-state index contributed by atoms with van der Waals surface area (Å²) in [5.74, 6) is 0.100. The topological polar surface area (TPSA) is 100 Å². The van der Waals surface area contributed by atoms with Gasteiger partial charge in [0.2, 0.25) is 5.90 Å². The lowest BCUT2D eigenvalue weighted by atomic mass is 10.1. The minimum absolute atomic E-state index is 0.00119. The summed E-state index contributed by atoms with van der Waals surface area (Å²) in [6.45, 7) is 3.90. The number of aliphatic imine (C=N–C) groups is 1. The molecule has 3 rings (SSSR count). The van der Waals surface area contributed by atoms with Gasteiger partial charge in [0.1, 0.15) is 6.61 Å². The maximum absolute atomic E-state index is 12.3. The zero-order chi connectivity index (χ0) is 21.8. The quantitative estimate of drug-likeness (QED) is 0.178. The number of ether oxygens (including phenoxy) is 3. The van der Waals surface area contributed by atoms with Gasteiger partial charge in [0.05, 0.1) is 27.1 Å². The van der Waals surface area contributed by atoms with Gasteiger partial charge in [-0.15, -0.1) is 0 Å². The van der Waals surface area contributed by atoms with Gasteiger partial charge in [-0.05, 0) is 45.8 Å². The molecule has 1 aliphatic heterocycles. The van der Waals surface area contributed by atoms with Crippen molar-refractivity contribution in [2.24, 2.45) is 4.99 Å². The lowest BCUT2D eigenvalue weighted by molar-refractivity contribution is -0.384. The number of nitro groups is 1. The van der Waals surface area contributed by atoms with Gasteiger partial charge in [-0.3, -0.25) is 10.1 Å². The number of benzene rings is 2. The van der Waals surface area contributed by atoms with E-state index in [4.69, 9.17) is 25.8 Å². The number of nitrogens with zero attached hydrogens (tertiary/aromatic N) is 2. The minimum atomic E-state index is -0.713. The molecular weight excluding hydrogens is 480 g/mol. The number of carbonyl (C=O) groups excluding carboxylic acids is 1. The molecule has 30 heavy (non-hydrogen) atoms. The molecule has 0 fully saturated rings. The Kier molecular flexibility index (Phi) is 6.53. The summed E-state index contributed by atoms with van der Waals surface area (Å²) in [6.07, 6.45) is 3.09. The van der Waals surface area contributed by atoms with E-state index in [0.29, 0.717) is 28.1 Å². The lowest BCUT2D eigenvalue weighted by Crippen LogP contribution is -2.06. The molecule has 0 amide bonds. The Morgan fingerprint density at radius 1 is 1.37 bits per heavy atom. The van der Waals surface area contributed by atoms with E-state index >= 15 is 0 Å². The standard InChI is InChI=1S/C20H14BrClN2O6/c1-3-6-29-18-14(21)7-11(9-17(18)28-2)8-16-20(25)30-19(23-16)13-10-12(24(26)27)4-5-15(13)22/h3-5,7-10H,1,6H2,2H3/b16-8+. The van der Waals surface area contributed by atoms with Gasteiger partial charge in [0.25, 0.3) is 5.69 Å². The van der Waals surface area contributed by atoms with Crippen molar-refractivity contribution in [2.75, 3.05) is 13.7 Å². The van der Waals surface area contributed by atoms with Crippen LogP contribution in [0.25, 0.3) is 6.08 Å². The molecule has 1 aliphatic rings. The van der Waals surface area contributed by atoms with Crippen LogP contribution in [0, 0.1) is 10.1 Å². The fourth-order valence-corrected chi connectivity index (χ4v) is 3.35. The Bertz CT molecular complexity index is 1110. The second-order valence-electron chi connectivity index (χ2n) is 5.89. The van der Waals surface area contributed by atoms with Gasteiger partial charge in [0.15, 0.2) is 17.2 Å². The van der Waals surface area contributed by atoms with Crippen LogP contribution in [0.15, 0.2) is 58.1 Å². The highest BCUT2D eigenvalue weighted by molar-refractivity contribution is 9.10. The highest BCUT2D eigenvalue weighted by Gasteiger charge is 2.27. The Labute approximate surface area is 184 Å². The zero-order valence-electron chi connectivity index (χ0n) is 15.6. The van der Waals surface area contributed by atoms with Crippen LogP contribution >= 0.6 is 27.5 Å². The van der Waals surface area contributed by atoms with E-state index < -0.39 is 10.9 Å². The molecule has 0 radical (unpaired) electrons. The van der Waals surface area contributed by atoms with Crippen LogP contribution in [0.2, 0.25) is 5.02 Å². The third-order valence-electron chi connectivity index (χ3n) is 3.91. The second-order valence-corrected chi connectivity index (χ2v) is 7.15. The Balaban J connectivity index is 1.99. The number of methoxy groups -OCH3 is 1. The van der Waals surface area contributed by atoms with Gasteiger partial charge in [-0.2, -0.15) is 0 Å². The predicted molar refractivity (Wildman–Crippen MR) is 115 cm³/mol. The third kappa shape index (κ3) is 4.52. The zero-order valence-corrected chi connectivity index (χ0v) is 17.9. The predicted octanol–water partition coefficient (Wildman–Crippen LogP) is 4.93. The van der Waals surface area contributed by atoms with Crippen molar-refractivity contribution in [3.8, 4) is 11.5 Å². The first-order valence-electron chi connectivity index (χ1n) is 8.42. The SMILES string of the molecule is C=CCOc1c(Br)cc(/C=C2/N=C(c3cc([N+](=O)[O-])ccc3Cl)OC2=O)cc1OC. The molecule has 0 saturated carbocycles. The van der Waals surface area contributed by atoms with Crippen LogP contribution in [-0.2, 0) is 9.53 Å². The van der Waals surface area contributed by atoms with E-state index in [9.17, 15) is 14.9 Å². The van der Waals surface area contributed by atoms with Crippen molar-refractivity contribution in [1.82, 2.24) is 0 Å². The number of carbonyl (C=O) groups is 1. The van der Waals surface area contributed by atoms with E-state index in [1.807, 2.05) is 0 Å². The number of cyclic esters (lactones) is 1. The molecule has 0 unspecified atom stereocenters. The first kappa shape index (κ1) is 21.5. The van der Waals surface area contributed by atoms with Crippen LogP contribution in [0.3, 0.4) is 0 Å². The number of nitro benzene ring substituents is 1. The van der Waals surface area contributed by atoms with Gasteiger partial charge < -0.3 is 14.2 Å². The van der Waals surface area contributed by atoms with E-state index in [1.165, 1.54) is 31.4 Å². The van der Waals surface area contributed by atoms with Crippen LogP contribution in [-0.4, -0.2) is 30.5 Å². The molecule has 0 spiro atoms. The number of rotatable bonds is 7. The van der Waals surface area contributed by atoms with Gasteiger partial charge in [-0.1, -0.05) is 24.3 Å². The Morgan fingerprint density at radius 2 is 2.13 bits per heavy atom. The van der Waals surface area contributed by atoms with Crippen molar-refractivity contribution in [1.29, 1.82) is 0 Å². The molecule has 0 bridgehead atoms. The molecule has 0 aliphatic carbocycles. The number of hydrogen-bond acceptors (Lipinski definition) is 7. The highest BCUT2D eigenvalue weighted by Crippen LogP contribution is 2.37. The fourth-order valence-electron chi connectivity index (χ4n) is 2.58. The lowest BCUT2D eigenvalue weighted by Gasteiger charge is -2.12. The smallest absolute Gasteiger partial charge is 0.363 e. The Hall–Kier alpha value is -3.17. The first-order valence-corrected chi connectivity index (χ1v) is 9.59. The number of hydrogen-bond donors (Lipinski definition) is 0. The van der Waals surface area contributed by atoms with Gasteiger partial charge >= 0.3 is 5.97 Å². The first-order chi connectivity index (χ1) is 14.3. The number of esters is 1. The fraction of sp³-hybridized carbons (Fsp3) is 0.100. The molecule has 0 aromatic heterocycles. The number of non-ortho nitro benzene ring substituents is 1. The van der Waals surface area contributed by atoms with Crippen molar-refractivity contribution in [3.05, 3.63) is 79.4 Å². The highest BCUT2D eigenvalue weighted by atomic mass is 79.9. The van der Waals surface area contributed by atoms with E-state index in [1.54, 1.807) is 18.2 Å². The van der Waals surface area contributed by atoms with E-state index in [2.05, 4.69) is 27.5 Å². The summed E-state index contributed by atoms with van der Waals surface area (Å²) in [6, 6.07) is 7.17. The molecule has 8 nitrogen and oxygen atoms in total. The third-order valence-corrected chi connectivity index (χ3v) is 4.83. The van der Waals surface area contributed by atoms with Crippen LogP contribution in [0.5, 0.6) is 11.5 Å². The van der Waals surface area contributed by atoms with E-state index in [-0.39, 0.29) is 27.9 Å². The van der Waals surface area contributed by atoms with Crippen molar-refractivity contribution >= 4 is 51.2 Å². The average Bonchev–Trinajstić information content (AvgIpc) is 3.07. The van der Waals surface area contributed by atoms with Crippen molar-refractivity contribution < 1.29 is 23.9 Å². The molecule has 0 saturated heterocycles. The molecule has 154 valence electrons. The van der Waals surface area contributed by atoms with Gasteiger partial charge in [-0.25, -0.2) is 9.79 Å². The van der Waals surface area contributed by atoms with Crippen LogP contribution in [0.1, 0.15) is 11.1 Å². The number of halogens is 2. The summed E-state index contributed by atoms with van der Waals surface area (Å²) >= 11 is 9.51. The van der Waals surface area contributed by atoms with Crippen LogP contribution < -0.4 is 9.47 Å². The molecule has 2 aromatic rings. The molecule has 10 heteroatoms. The monoisotopic (exact) mass is 492 g/mol. The summed E-state index contributed by atoms with van der Waals surface area (Å²) in [4.78, 5) is 26.9. The summed E-state index contributed by atoms with van der Waals surface area (Å²) in [5.41, 5.74) is 0.539. The maximum atomic E-state index is 12.3. The van der Waals surface area contributed by atoms with Crippen molar-refractivity contribution in [3.63, 3.8) is 0 Å². The largest absolute Gasteiger partial charge is 0.493 e. The normalized spacial score (nSPS) is 14.3. The maximum Gasteiger partial charge on any atom is 0.363 e. The van der Waals surface area contributed by atoms with E-state index in [0.717, 1.165) is 0 Å². The van der Waals surface area contributed by atoms with Crippen molar-refractivity contribution in [2.45, 2.75) is 0 Å². The molecule has 0 atom stereocenters. The summed E-state index contributed by atoms with van der Waals surface area (Å²) < 4.78 is 16.7. The second kappa shape index (κ2) is 9.10. The van der Waals surface area contributed by atoms with Gasteiger partial charge in [0, 0.05) is 12.1 Å². The summed E-state index contributed by atoms with van der Waals surface area (Å²) in [5, 5.41) is 11.2.